The molecular weight excluding hydrogens is 218 g/mol. The van der Waals surface area contributed by atoms with Crippen LogP contribution in [0.1, 0.15) is 0 Å². The van der Waals surface area contributed by atoms with Crippen molar-refractivity contribution in [2.45, 2.75) is 0 Å². The van der Waals surface area contributed by atoms with Crippen molar-refractivity contribution in [2.75, 3.05) is 11.5 Å². The number of nitrogens with two attached hydrogens (primary N) is 2. The van der Waals surface area contributed by atoms with Gasteiger partial charge in [0.15, 0.2) is 5.82 Å². The van der Waals surface area contributed by atoms with E-state index in [1.165, 1.54) is 0 Å². The Bertz CT molecular complexity index is 668. The number of nitrogen functional groups attached to an aromatic ring is 2. The maximum absolute atomic E-state index is 5.62. The topological polar surface area (TPSA) is 109 Å². The molecule has 0 unspecified atom stereocenters. The quantitative estimate of drug-likeness (QED) is 0.621. The van der Waals surface area contributed by atoms with Crippen molar-refractivity contribution in [3.05, 3.63) is 30.3 Å². The molecule has 4 N–H and O–H groups in total. The highest BCUT2D eigenvalue weighted by atomic mass is 15.4. The highest BCUT2D eigenvalue weighted by Gasteiger charge is 2.08. The fraction of sp³-hybridized carbons (Fsp3) is 0. The minimum atomic E-state index is 0.111. The van der Waals surface area contributed by atoms with E-state index in [9.17, 15) is 0 Å². The minimum absolute atomic E-state index is 0.111. The average molecular weight is 227 g/mol. The van der Waals surface area contributed by atoms with Gasteiger partial charge in [0.05, 0.1) is 5.52 Å². The van der Waals surface area contributed by atoms with Crippen LogP contribution in [-0.2, 0) is 0 Å². The van der Waals surface area contributed by atoms with E-state index in [4.69, 9.17) is 11.5 Å². The van der Waals surface area contributed by atoms with E-state index in [-0.39, 0.29) is 5.95 Å². The van der Waals surface area contributed by atoms with Gasteiger partial charge in [-0.3, -0.25) is 0 Å². The molecule has 2 aromatic heterocycles. The normalized spacial score (nSPS) is 10.8. The molecule has 0 amide bonds. The van der Waals surface area contributed by atoms with Gasteiger partial charge in [0.2, 0.25) is 5.95 Å². The summed E-state index contributed by atoms with van der Waals surface area (Å²) in [5.74, 6) is 0.912. The Morgan fingerprint density at radius 2 is 1.88 bits per heavy atom. The van der Waals surface area contributed by atoms with E-state index in [1.54, 1.807) is 10.7 Å². The number of fused-ring (bicyclic) bond motifs is 1. The number of hydrogen-bond acceptors (Lipinski definition) is 6. The van der Waals surface area contributed by atoms with E-state index < -0.39 is 0 Å². The molecular formula is C10H9N7. The van der Waals surface area contributed by atoms with Gasteiger partial charge in [0, 0.05) is 6.07 Å². The molecule has 0 saturated heterocycles. The summed E-state index contributed by atoms with van der Waals surface area (Å²) in [4.78, 5) is 7.88. The molecule has 0 atom stereocenters. The maximum atomic E-state index is 5.62. The van der Waals surface area contributed by atoms with Gasteiger partial charge < -0.3 is 11.5 Å². The molecule has 17 heavy (non-hydrogen) atoms. The lowest BCUT2D eigenvalue weighted by atomic mass is 10.3. The standard InChI is InChI=1S/C10H9N7/c11-8-5-9(14-10(12)13-8)17-7-4-2-1-3-6(7)15-16-17/h1-5H,(H4,11,12,13,14). The van der Waals surface area contributed by atoms with Crippen molar-refractivity contribution in [1.29, 1.82) is 0 Å². The Hall–Kier alpha value is -2.70. The third-order valence-electron chi connectivity index (χ3n) is 2.32. The second-order valence-electron chi connectivity index (χ2n) is 3.50. The predicted octanol–water partition coefficient (Wildman–Crippen LogP) is 0.375. The zero-order valence-electron chi connectivity index (χ0n) is 8.78. The first-order valence-corrected chi connectivity index (χ1v) is 4.95. The number of anilines is 2. The molecule has 0 aliphatic carbocycles. The fourth-order valence-corrected chi connectivity index (χ4v) is 1.62. The molecule has 2 heterocycles. The van der Waals surface area contributed by atoms with Crippen LogP contribution in [0.15, 0.2) is 30.3 Å². The minimum Gasteiger partial charge on any atom is -0.383 e. The van der Waals surface area contributed by atoms with Crippen molar-refractivity contribution < 1.29 is 0 Å². The van der Waals surface area contributed by atoms with Gasteiger partial charge in [-0.2, -0.15) is 14.6 Å². The molecule has 0 aliphatic rings. The Kier molecular flexibility index (Phi) is 1.91. The van der Waals surface area contributed by atoms with E-state index in [0.717, 1.165) is 11.0 Å². The summed E-state index contributed by atoms with van der Waals surface area (Å²) < 4.78 is 1.57. The van der Waals surface area contributed by atoms with Crippen LogP contribution in [-0.4, -0.2) is 25.0 Å². The van der Waals surface area contributed by atoms with Gasteiger partial charge in [-0.15, -0.1) is 5.10 Å². The van der Waals surface area contributed by atoms with E-state index in [2.05, 4.69) is 20.3 Å². The Balaban J connectivity index is 2.27. The van der Waals surface area contributed by atoms with Gasteiger partial charge in [-0.25, -0.2) is 0 Å². The largest absolute Gasteiger partial charge is 0.383 e. The molecule has 84 valence electrons. The zero-order valence-corrected chi connectivity index (χ0v) is 8.78. The van der Waals surface area contributed by atoms with Crippen LogP contribution in [0.25, 0.3) is 16.9 Å². The summed E-state index contributed by atoms with van der Waals surface area (Å²) in [7, 11) is 0. The summed E-state index contributed by atoms with van der Waals surface area (Å²) in [6.45, 7) is 0. The molecule has 0 bridgehead atoms. The third-order valence-corrected chi connectivity index (χ3v) is 2.32. The molecule has 1 aromatic carbocycles. The SMILES string of the molecule is Nc1cc(-n2nnc3ccccc32)nc(N)n1. The fourth-order valence-electron chi connectivity index (χ4n) is 1.62. The zero-order chi connectivity index (χ0) is 11.8. The molecule has 0 saturated carbocycles. The second-order valence-corrected chi connectivity index (χ2v) is 3.50. The molecule has 7 heteroatoms. The molecule has 7 nitrogen and oxygen atoms in total. The summed E-state index contributed by atoms with van der Waals surface area (Å²) in [5, 5.41) is 8.04. The van der Waals surface area contributed by atoms with Crippen LogP contribution in [0.2, 0.25) is 0 Å². The van der Waals surface area contributed by atoms with Crippen LogP contribution in [0.4, 0.5) is 11.8 Å². The predicted molar refractivity (Wildman–Crippen MR) is 63.3 cm³/mol. The second kappa shape index (κ2) is 3.41. The summed E-state index contributed by atoms with van der Waals surface area (Å²) >= 11 is 0. The first-order valence-electron chi connectivity index (χ1n) is 4.95. The average Bonchev–Trinajstić information content (AvgIpc) is 2.71. The smallest absolute Gasteiger partial charge is 0.224 e. The Labute approximate surface area is 96.1 Å². The molecule has 0 radical (unpaired) electrons. The summed E-state index contributed by atoms with van der Waals surface area (Å²) in [6.07, 6.45) is 0. The van der Waals surface area contributed by atoms with Gasteiger partial charge >= 0.3 is 0 Å². The number of para-hydroxylation sites is 1. The van der Waals surface area contributed by atoms with E-state index in [1.807, 2.05) is 24.3 Å². The van der Waals surface area contributed by atoms with Crippen LogP contribution < -0.4 is 11.5 Å². The molecule has 0 aliphatic heterocycles. The summed E-state index contributed by atoms with van der Waals surface area (Å²) in [5.41, 5.74) is 12.8. The van der Waals surface area contributed by atoms with Crippen LogP contribution in [0.3, 0.4) is 0 Å². The number of aromatic nitrogens is 5. The number of rotatable bonds is 1. The molecule has 0 fully saturated rings. The van der Waals surface area contributed by atoms with Gasteiger partial charge in [-0.1, -0.05) is 17.3 Å². The van der Waals surface area contributed by atoms with Crippen LogP contribution >= 0.6 is 0 Å². The Morgan fingerprint density at radius 3 is 2.71 bits per heavy atom. The van der Waals surface area contributed by atoms with Gasteiger partial charge in [-0.05, 0) is 12.1 Å². The lowest BCUT2D eigenvalue weighted by molar-refractivity contribution is 0.800. The van der Waals surface area contributed by atoms with Crippen molar-refractivity contribution in [3.8, 4) is 5.82 Å². The highest BCUT2D eigenvalue weighted by Crippen LogP contribution is 2.15. The summed E-state index contributed by atoms with van der Waals surface area (Å²) in [6, 6.07) is 9.15. The van der Waals surface area contributed by atoms with Crippen LogP contribution in [0, 0.1) is 0 Å². The number of nitrogens with zero attached hydrogens (tertiary/aromatic N) is 5. The van der Waals surface area contributed by atoms with E-state index in [0.29, 0.717) is 11.6 Å². The monoisotopic (exact) mass is 227 g/mol. The van der Waals surface area contributed by atoms with Crippen LogP contribution in [0.5, 0.6) is 0 Å². The number of hydrogen-bond donors (Lipinski definition) is 2. The molecule has 3 rings (SSSR count). The molecule has 3 aromatic rings. The first-order chi connectivity index (χ1) is 8.24. The third kappa shape index (κ3) is 1.53. The lowest BCUT2D eigenvalue weighted by Crippen LogP contribution is -2.06. The van der Waals surface area contributed by atoms with Crippen molar-refractivity contribution in [3.63, 3.8) is 0 Å². The number of benzene rings is 1. The van der Waals surface area contributed by atoms with Crippen molar-refractivity contribution in [1.82, 2.24) is 25.0 Å². The van der Waals surface area contributed by atoms with Crippen molar-refractivity contribution >= 4 is 22.8 Å². The van der Waals surface area contributed by atoms with Crippen molar-refractivity contribution in [2.24, 2.45) is 0 Å². The van der Waals surface area contributed by atoms with Gasteiger partial charge in [0.1, 0.15) is 11.3 Å². The van der Waals surface area contributed by atoms with E-state index >= 15 is 0 Å². The lowest BCUT2D eigenvalue weighted by Gasteiger charge is -2.02. The first kappa shape index (κ1) is 9.52. The maximum Gasteiger partial charge on any atom is 0.224 e. The highest BCUT2D eigenvalue weighted by molar-refractivity contribution is 5.75. The van der Waals surface area contributed by atoms with Gasteiger partial charge in [0.25, 0.3) is 0 Å². The Morgan fingerprint density at radius 1 is 1.06 bits per heavy atom. The molecule has 0 spiro atoms.